The minimum absolute atomic E-state index is 0.00939. The van der Waals surface area contributed by atoms with Crippen LogP contribution >= 0.6 is 0 Å². The van der Waals surface area contributed by atoms with Crippen LogP contribution in [0.3, 0.4) is 0 Å². The van der Waals surface area contributed by atoms with E-state index in [1.807, 2.05) is 6.33 Å². The van der Waals surface area contributed by atoms with E-state index in [4.69, 9.17) is 10.2 Å². The van der Waals surface area contributed by atoms with Crippen LogP contribution in [0.25, 0.3) is 16.7 Å². The second-order valence-corrected chi connectivity index (χ2v) is 17.8. The van der Waals surface area contributed by atoms with Gasteiger partial charge in [-0.1, -0.05) is 43.7 Å². The molecule has 2 fully saturated rings. The number of allylic oxidation sites excluding steroid dienone is 3. The molecule has 0 amide bonds. The summed E-state index contributed by atoms with van der Waals surface area (Å²) in [6.07, 6.45) is 15.0. The highest BCUT2D eigenvalue weighted by molar-refractivity contribution is 6.33. The van der Waals surface area contributed by atoms with Crippen LogP contribution in [0.2, 0.25) is 0 Å². The topological polar surface area (TPSA) is 201 Å². The molecule has 61 heavy (non-hydrogen) atoms. The van der Waals surface area contributed by atoms with Gasteiger partial charge in [0.15, 0.2) is 0 Å². The predicted molar refractivity (Wildman–Crippen MR) is 237 cm³/mol. The number of imidazole rings is 1. The van der Waals surface area contributed by atoms with E-state index in [1.54, 1.807) is 17.7 Å². The Hall–Kier alpha value is -5.05. The smallest absolute Gasteiger partial charge is 0.200 e. The first-order valence-corrected chi connectivity index (χ1v) is 21.9. The molecule has 0 spiro atoms. The second kappa shape index (κ2) is 17.7. The van der Waals surface area contributed by atoms with Gasteiger partial charge in [0.05, 0.1) is 52.6 Å². The van der Waals surface area contributed by atoms with Crippen molar-refractivity contribution in [3.05, 3.63) is 94.8 Å². The largest absolute Gasteiger partial charge is 0.507 e. The number of para-hydroxylation sites is 2. The summed E-state index contributed by atoms with van der Waals surface area (Å²) in [5.41, 5.74) is 6.60. The fraction of sp³-hybridized carbons (Fsp3) is 0.479. The number of rotatable bonds is 13. The Kier molecular flexibility index (Phi) is 12.4. The molecule has 13 nitrogen and oxygen atoms in total. The molecule has 1 heterocycles. The van der Waals surface area contributed by atoms with E-state index < -0.39 is 11.6 Å². The maximum atomic E-state index is 13.4. The average Bonchev–Trinajstić information content (AvgIpc) is 3.84. The highest BCUT2D eigenvalue weighted by atomic mass is 16.3. The lowest BCUT2D eigenvalue weighted by atomic mass is 9.48. The van der Waals surface area contributed by atoms with Crippen LogP contribution in [0.15, 0.2) is 72.6 Å². The van der Waals surface area contributed by atoms with E-state index in [0.717, 1.165) is 42.5 Å². The first-order chi connectivity index (χ1) is 29.5. The molecule has 324 valence electrons. The van der Waals surface area contributed by atoms with Gasteiger partial charge in [0.2, 0.25) is 11.6 Å². The number of anilines is 2. The van der Waals surface area contributed by atoms with Crippen molar-refractivity contribution >= 4 is 39.7 Å². The molecule has 0 bridgehead atoms. The lowest BCUT2D eigenvalue weighted by molar-refractivity contribution is -0.0249. The van der Waals surface area contributed by atoms with E-state index in [2.05, 4.69) is 81.1 Å². The Morgan fingerprint density at radius 3 is 1.93 bits per heavy atom. The number of fused-ring (bicyclic) bond motifs is 8. The Bertz CT molecular complexity index is 2280. The molecule has 9 rings (SSSR count). The van der Waals surface area contributed by atoms with Crippen molar-refractivity contribution in [3.8, 4) is 11.5 Å². The van der Waals surface area contributed by atoms with Crippen molar-refractivity contribution < 1.29 is 35.1 Å². The number of phenolic OH excluding ortho intramolecular Hbond substituents is 2. The molecule has 0 saturated heterocycles. The van der Waals surface area contributed by atoms with Crippen LogP contribution in [0.4, 0.5) is 11.4 Å². The zero-order valence-electron chi connectivity index (χ0n) is 35.2. The van der Waals surface area contributed by atoms with Crippen molar-refractivity contribution in [2.75, 3.05) is 63.1 Å². The van der Waals surface area contributed by atoms with Crippen LogP contribution in [-0.4, -0.2) is 105 Å². The minimum Gasteiger partial charge on any atom is -0.507 e. The minimum atomic E-state index is -0.559. The number of aliphatic hydroxyl groups is 3. The molecule has 5 aliphatic rings. The van der Waals surface area contributed by atoms with Gasteiger partial charge >= 0.3 is 0 Å². The van der Waals surface area contributed by atoms with E-state index >= 15 is 0 Å². The van der Waals surface area contributed by atoms with Crippen molar-refractivity contribution in [2.45, 2.75) is 64.9 Å². The lowest BCUT2D eigenvalue weighted by Crippen LogP contribution is -2.50. The number of carbonyl (C=O) groups excluding carboxylic acids is 2. The quantitative estimate of drug-likeness (QED) is 0.0401. The van der Waals surface area contributed by atoms with Crippen LogP contribution in [0, 0.1) is 28.6 Å². The molecule has 2 saturated carbocycles. The summed E-state index contributed by atoms with van der Waals surface area (Å²) in [4.78, 5) is 31.4. The molecule has 0 unspecified atom stereocenters. The number of phenols is 2. The summed E-state index contributed by atoms with van der Waals surface area (Å²) in [5, 5.41) is 60.8. The number of aromatic hydroxyl groups is 2. The van der Waals surface area contributed by atoms with Crippen molar-refractivity contribution in [1.82, 2.24) is 20.2 Å². The van der Waals surface area contributed by atoms with Gasteiger partial charge in [-0.05, 0) is 105 Å². The summed E-state index contributed by atoms with van der Waals surface area (Å²) in [6, 6.07) is 14.3. The molecular weight excluding hydrogens is 773 g/mol. The Balaban J connectivity index is 0.000000169. The number of benzene rings is 3. The van der Waals surface area contributed by atoms with Gasteiger partial charge in [0, 0.05) is 61.8 Å². The SMILES string of the molecule is C[C@]12CC[C@H](O)CC1=CC[C@@H]1[C@@H]2CC[C@]2(C)C(n3cnc4ccccc43)=CC[C@@H]12.O=C1c2c(O)ccc(O)c2C(=O)c2c(NCCNCCO)ccc(NCCNCCO)c21. The van der Waals surface area contributed by atoms with Crippen LogP contribution in [-0.2, 0) is 0 Å². The Labute approximate surface area is 357 Å². The van der Waals surface area contributed by atoms with Crippen molar-refractivity contribution in [3.63, 3.8) is 0 Å². The van der Waals surface area contributed by atoms with Crippen LogP contribution in [0.1, 0.15) is 90.6 Å². The molecule has 5 aliphatic carbocycles. The molecule has 6 atom stereocenters. The molecule has 9 N–H and O–H groups in total. The van der Waals surface area contributed by atoms with Crippen molar-refractivity contribution in [1.29, 1.82) is 0 Å². The van der Waals surface area contributed by atoms with Gasteiger partial charge < -0.3 is 51.4 Å². The van der Waals surface area contributed by atoms with Crippen molar-refractivity contribution in [2.24, 2.45) is 28.6 Å². The number of aliphatic hydroxyl groups excluding tert-OH is 3. The first kappa shape index (κ1) is 42.6. The predicted octanol–water partition coefficient (Wildman–Crippen LogP) is 5.67. The summed E-state index contributed by atoms with van der Waals surface area (Å²) in [7, 11) is 0. The molecule has 4 aromatic rings. The number of carbonyl (C=O) groups is 2. The standard InChI is InChI=1S/C26H32N2O.C22H28N4O6/c1-25-13-11-18(29)15-17(25)7-8-19-20-9-10-24(26(20,2)14-12-21(19)25)28-16-27-22-5-3-4-6-23(22)28;27-11-9-23-5-7-25-13-1-2-14(26-8-6-24-10-12-28)18-17(13)21(31)19-15(29)3-4-16(30)20(19)22(18)32/h3-7,10,16,18-21,29H,8-9,11-15H2,1-2H3;1-4,23-30H,5-12H2/t18-,19-,20-,21-,25-,26-;/m0./s1. The van der Waals surface area contributed by atoms with E-state index in [-0.39, 0.29) is 58.5 Å². The second-order valence-electron chi connectivity index (χ2n) is 17.8. The highest BCUT2D eigenvalue weighted by Crippen LogP contribution is 2.65. The van der Waals surface area contributed by atoms with Gasteiger partial charge in [-0.3, -0.25) is 9.59 Å². The summed E-state index contributed by atoms with van der Waals surface area (Å²) in [6.45, 7) is 7.84. The van der Waals surface area contributed by atoms with Crippen LogP contribution in [0.5, 0.6) is 11.5 Å². The third-order valence-corrected chi connectivity index (χ3v) is 14.4. The van der Waals surface area contributed by atoms with E-state index in [0.29, 0.717) is 56.1 Å². The molecule has 3 aromatic carbocycles. The fourth-order valence-corrected chi connectivity index (χ4v) is 11.3. The highest BCUT2D eigenvalue weighted by Gasteiger charge is 2.57. The number of nitrogens with one attached hydrogen (secondary N) is 4. The van der Waals surface area contributed by atoms with Gasteiger partial charge in [-0.15, -0.1) is 0 Å². The zero-order chi connectivity index (χ0) is 42.9. The van der Waals surface area contributed by atoms with Gasteiger partial charge in [0.1, 0.15) is 17.8 Å². The molecule has 0 aliphatic heterocycles. The maximum absolute atomic E-state index is 13.4. The number of aromatic nitrogens is 2. The Morgan fingerprint density at radius 1 is 0.705 bits per heavy atom. The third kappa shape index (κ3) is 7.75. The summed E-state index contributed by atoms with van der Waals surface area (Å²) < 4.78 is 2.37. The van der Waals surface area contributed by atoms with Crippen LogP contribution < -0.4 is 21.3 Å². The Morgan fingerprint density at radius 2 is 1.31 bits per heavy atom. The monoisotopic (exact) mass is 832 g/mol. The van der Waals surface area contributed by atoms with Gasteiger partial charge in [0.25, 0.3) is 0 Å². The fourth-order valence-electron chi connectivity index (χ4n) is 11.3. The maximum Gasteiger partial charge on any atom is 0.200 e. The summed E-state index contributed by atoms with van der Waals surface area (Å²) >= 11 is 0. The number of ketones is 2. The van der Waals surface area contributed by atoms with E-state index in [1.165, 1.54) is 49.0 Å². The van der Waals surface area contributed by atoms with Gasteiger partial charge in [-0.2, -0.15) is 0 Å². The molecule has 13 heteroatoms. The first-order valence-electron chi connectivity index (χ1n) is 21.9. The summed E-state index contributed by atoms with van der Waals surface area (Å²) in [5.74, 6) is 0.403. The lowest BCUT2D eigenvalue weighted by Gasteiger charge is -2.57. The zero-order valence-corrected chi connectivity index (χ0v) is 35.2. The molecular formula is C48H60N6O7. The molecule has 1 aromatic heterocycles. The number of hydrogen-bond donors (Lipinski definition) is 9. The van der Waals surface area contributed by atoms with E-state index in [9.17, 15) is 24.9 Å². The normalized spacial score (nSPS) is 26.2. The molecule has 0 radical (unpaired) electrons. The number of nitrogens with zero attached hydrogens (tertiary/aromatic N) is 2. The average molecular weight is 833 g/mol. The number of hydrogen-bond acceptors (Lipinski definition) is 12. The van der Waals surface area contributed by atoms with Gasteiger partial charge in [-0.25, -0.2) is 4.98 Å². The third-order valence-electron chi connectivity index (χ3n) is 14.4.